The molecule has 2 rings (SSSR count). The Morgan fingerprint density at radius 2 is 2.17 bits per heavy atom. The van der Waals surface area contributed by atoms with E-state index in [2.05, 4.69) is 0 Å². The van der Waals surface area contributed by atoms with E-state index in [9.17, 15) is 5.11 Å². The Kier molecular flexibility index (Phi) is 1.48. The first-order valence-electron chi connectivity index (χ1n) is 3.65. The zero-order valence-electron chi connectivity index (χ0n) is 6.66. The molecule has 0 atom stereocenters. The molecule has 2 nitrogen and oxygen atoms in total. The van der Waals surface area contributed by atoms with Gasteiger partial charge < -0.3 is 10.8 Å². The summed E-state index contributed by atoms with van der Waals surface area (Å²) in [6.07, 6.45) is 0. The molecule has 0 unspecified atom stereocenters. The summed E-state index contributed by atoms with van der Waals surface area (Å²) in [5, 5.41) is 12.5. The van der Waals surface area contributed by atoms with Crippen LogP contribution in [0.15, 0.2) is 17.5 Å². The van der Waals surface area contributed by atoms with E-state index in [-0.39, 0.29) is 5.75 Å². The largest absolute Gasteiger partial charge is 0.506 e. The lowest BCUT2D eigenvalue weighted by molar-refractivity contribution is 0.479. The summed E-state index contributed by atoms with van der Waals surface area (Å²) in [5.41, 5.74) is 7.39. The van der Waals surface area contributed by atoms with Gasteiger partial charge in [-0.1, -0.05) is 0 Å². The summed E-state index contributed by atoms with van der Waals surface area (Å²) >= 11 is 1.57. The number of nitrogens with two attached hydrogens (primary N) is 1. The number of phenolic OH excluding ortho intramolecular Hbond substituents is 1. The van der Waals surface area contributed by atoms with E-state index in [4.69, 9.17) is 5.73 Å². The number of anilines is 1. The second kappa shape index (κ2) is 2.38. The van der Waals surface area contributed by atoms with Crippen molar-refractivity contribution in [1.82, 2.24) is 0 Å². The zero-order chi connectivity index (χ0) is 8.72. The Bertz CT molecular complexity index is 433. The van der Waals surface area contributed by atoms with Crippen LogP contribution in [0.25, 0.3) is 10.1 Å². The second-order valence-electron chi connectivity index (χ2n) is 2.79. The number of phenols is 1. The van der Waals surface area contributed by atoms with Crippen LogP contribution in [-0.4, -0.2) is 5.11 Å². The Morgan fingerprint density at radius 3 is 2.92 bits per heavy atom. The number of rotatable bonds is 0. The average Bonchev–Trinajstić information content (AvgIpc) is 2.41. The summed E-state index contributed by atoms with van der Waals surface area (Å²) < 4.78 is 0.979. The molecule has 1 aromatic heterocycles. The molecule has 3 heteroatoms. The fraction of sp³-hybridized carbons (Fsp3) is 0.111. The molecule has 0 fully saturated rings. The molecule has 1 heterocycles. The fourth-order valence-corrected chi connectivity index (χ4v) is 2.25. The predicted molar refractivity (Wildman–Crippen MR) is 52.6 cm³/mol. The third-order valence-corrected chi connectivity index (χ3v) is 3.10. The molecule has 0 aliphatic heterocycles. The summed E-state index contributed by atoms with van der Waals surface area (Å²) in [7, 11) is 0. The minimum atomic E-state index is 0.171. The van der Waals surface area contributed by atoms with Crippen LogP contribution in [-0.2, 0) is 0 Å². The maximum Gasteiger partial charge on any atom is 0.139 e. The van der Waals surface area contributed by atoms with E-state index < -0.39 is 0 Å². The van der Waals surface area contributed by atoms with Crippen molar-refractivity contribution in [2.24, 2.45) is 0 Å². The zero-order valence-corrected chi connectivity index (χ0v) is 7.48. The number of benzene rings is 1. The summed E-state index contributed by atoms with van der Waals surface area (Å²) in [4.78, 5) is 0. The highest BCUT2D eigenvalue weighted by Gasteiger charge is 2.05. The highest BCUT2D eigenvalue weighted by Crippen LogP contribution is 2.35. The van der Waals surface area contributed by atoms with Crippen molar-refractivity contribution < 1.29 is 5.11 Å². The van der Waals surface area contributed by atoms with E-state index in [1.54, 1.807) is 17.4 Å². The lowest BCUT2D eigenvalue weighted by Gasteiger charge is -1.99. The lowest BCUT2D eigenvalue weighted by atomic mass is 10.2. The maximum absolute atomic E-state index is 9.31. The lowest BCUT2D eigenvalue weighted by Crippen LogP contribution is -1.84. The van der Waals surface area contributed by atoms with Gasteiger partial charge in [0.15, 0.2) is 0 Å². The molecule has 0 radical (unpaired) electrons. The van der Waals surface area contributed by atoms with Crippen LogP contribution in [0, 0.1) is 6.92 Å². The maximum atomic E-state index is 9.31. The van der Waals surface area contributed by atoms with Crippen LogP contribution in [0.2, 0.25) is 0 Å². The monoisotopic (exact) mass is 179 g/mol. The summed E-state index contributed by atoms with van der Waals surface area (Å²) in [6.45, 7) is 2.04. The third kappa shape index (κ3) is 0.865. The number of nitrogen functional groups attached to an aromatic ring is 1. The van der Waals surface area contributed by atoms with Gasteiger partial charge in [0.05, 0.1) is 10.4 Å². The van der Waals surface area contributed by atoms with Gasteiger partial charge in [-0.05, 0) is 35.4 Å². The first-order chi connectivity index (χ1) is 5.70. The second-order valence-corrected chi connectivity index (χ2v) is 3.67. The number of thiophene rings is 1. The Hall–Kier alpha value is -1.22. The minimum Gasteiger partial charge on any atom is -0.506 e. The Morgan fingerprint density at radius 1 is 1.42 bits per heavy atom. The molecular formula is C9H9NOS. The van der Waals surface area contributed by atoms with Crippen molar-refractivity contribution >= 4 is 27.1 Å². The topological polar surface area (TPSA) is 46.2 Å². The van der Waals surface area contributed by atoms with Gasteiger partial charge in [-0.25, -0.2) is 0 Å². The molecule has 2 aromatic rings. The van der Waals surface area contributed by atoms with E-state index in [1.807, 2.05) is 18.4 Å². The van der Waals surface area contributed by atoms with Crippen molar-refractivity contribution in [3.05, 3.63) is 23.1 Å². The van der Waals surface area contributed by atoms with E-state index >= 15 is 0 Å². The van der Waals surface area contributed by atoms with E-state index in [0.29, 0.717) is 5.69 Å². The van der Waals surface area contributed by atoms with Gasteiger partial charge >= 0.3 is 0 Å². The fourth-order valence-electron chi connectivity index (χ4n) is 1.24. The Balaban J connectivity index is 2.93. The van der Waals surface area contributed by atoms with Crippen LogP contribution in [0.3, 0.4) is 0 Å². The molecule has 3 N–H and O–H groups in total. The molecule has 0 bridgehead atoms. The first kappa shape index (κ1) is 7.43. The normalized spacial score (nSPS) is 10.8. The van der Waals surface area contributed by atoms with E-state index in [0.717, 1.165) is 10.1 Å². The molecule has 0 spiro atoms. The highest BCUT2D eigenvalue weighted by molar-refractivity contribution is 7.18. The number of fused-ring (bicyclic) bond motifs is 1. The van der Waals surface area contributed by atoms with Gasteiger partial charge in [-0.3, -0.25) is 0 Å². The molecule has 12 heavy (non-hydrogen) atoms. The quantitative estimate of drug-likeness (QED) is 0.482. The Labute approximate surface area is 74.3 Å². The molecule has 0 saturated carbocycles. The molecule has 62 valence electrons. The van der Waals surface area contributed by atoms with Crippen LogP contribution in [0.1, 0.15) is 5.56 Å². The van der Waals surface area contributed by atoms with Crippen molar-refractivity contribution in [2.75, 3.05) is 5.73 Å². The number of hydrogen-bond acceptors (Lipinski definition) is 3. The van der Waals surface area contributed by atoms with Gasteiger partial charge in [-0.2, -0.15) is 0 Å². The van der Waals surface area contributed by atoms with Crippen molar-refractivity contribution in [3.8, 4) is 5.75 Å². The molecule has 1 aromatic carbocycles. The average molecular weight is 179 g/mol. The third-order valence-electron chi connectivity index (χ3n) is 1.95. The van der Waals surface area contributed by atoms with Crippen LogP contribution < -0.4 is 5.73 Å². The number of aryl methyl sites for hydroxylation is 1. The van der Waals surface area contributed by atoms with Gasteiger partial charge in [0, 0.05) is 0 Å². The van der Waals surface area contributed by atoms with Crippen molar-refractivity contribution in [3.63, 3.8) is 0 Å². The molecular weight excluding hydrogens is 170 g/mol. The first-order valence-corrected chi connectivity index (χ1v) is 4.53. The number of aromatic hydroxyl groups is 1. The SMILES string of the molecule is Cc1csc2c(N)c(O)ccc12. The smallest absolute Gasteiger partial charge is 0.139 e. The molecule has 0 amide bonds. The molecule has 0 aliphatic rings. The molecule has 0 saturated heterocycles. The summed E-state index contributed by atoms with van der Waals surface area (Å²) in [5.74, 6) is 0.171. The van der Waals surface area contributed by atoms with E-state index in [1.165, 1.54) is 5.56 Å². The minimum absolute atomic E-state index is 0.171. The standard InChI is InChI=1S/C9H9NOS/c1-5-4-12-9-6(5)2-3-7(11)8(9)10/h2-4,11H,10H2,1H3. The van der Waals surface area contributed by atoms with Gasteiger partial charge in [0.25, 0.3) is 0 Å². The molecule has 0 aliphatic carbocycles. The van der Waals surface area contributed by atoms with Crippen molar-refractivity contribution in [2.45, 2.75) is 6.92 Å². The van der Waals surface area contributed by atoms with Gasteiger partial charge in [0.1, 0.15) is 5.75 Å². The highest BCUT2D eigenvalue weighted by atomic mass is 32.1. The van der Waals surface area contributed by atoms with Gasteiger partial charge in [0.2, 0.25) is 0 Å². The van der Waals surface area contributed by atoms with Crippen molar-refractivity contribution in [1.29, 1.82) is 0 Å². The number of hydrogen-bond donors (Lipinski definition) is 2. The van der Waals surface area contributed by atoms with Crippen LogP contribution in [0.5, 0.6) is 5.75 Å². The van der Waals surface area contributed by atoms with Crippen LogP contribution in [0.4, 0.5) is 5.69 Å². The predicted octanol–water partition coefficient (Wildman–Crippen LogP) is 2.50. The summed E-state index contributed by atoms with van der Waals surface area (Å²) in [6, 6.07) is 3.53. The van der Waals surface area contributed by atoms with Gasteiger partial charge in [-0.15, -0.1) is 11.3 Å². The van der Waals surface area contributed by atoms with Crippen LogP contribution >= 0.6 is 11.3 Å².